The summed E-state index contributed by atoms with van der Waals surface area (Å²) in [6.07, 6.45) is -0.809. The highest BCUT2D eigenvalue weighted by Gasteiger charge is 2.36. The van der Waals surface area contributed by atoms with E-state index in [4.69, 9.17) is 9.47 Å². The van der Waals surface area contributed by atoms with Crippen molar-refractivity contribution >= 4 is 17.7 Å². The van der Waals surface area contributed by atoms with E-state index >= 15 is 0 Å². The van der Waals surface area contributed by atoms with E-state index in [1.807, 2.05) is 43.3 Å². The molecule has 3 N–H and O–H groups in total. The highest BCUT2D eigenvalue weighted by Crippen LogP contribution is 2.27. The first-order valence-corrected chi connectivity index (χ1v) is 12.4. The summed E-state index contributed by atoms with van der Waals surface area (Å²) in [6, 6.07) is 21.3. The first-order valence-electron chi connectivity index (χ1n) is 12.4. The molecule has 0 fully saturated rings. The molecule has 3 aromatic rings. The summed E-state index contributed by atoms with van der Waals surface area (Å²) in [7, 11) is 0. The molecule has 0 radical (unpaired) electrons. The zero-order valence-corrected chi connectivity index (χ0v) is 22.4. The fourth-order valence-electron chi connectivity index (χ4n) is 3.61. The number of benzene rings is 3. The van der Waals surface area contributed by atoms with Crippen molar-refractivity contribution in [2.45, 2.75) is 51.7 Å². The van der Waals surface area contributed by atoms with Crippen LogP contribution in [0.3, 0.4) is 0 Å². The minimum atomic E-state index is -1.59. The van der Waals surface area contributed by atoms with E-state index in [1.165, 1.54) is 6.92 Å². The Morgan fingerprint density at radius 3 is 2.21 bits per heavy atom. The Morgan fingerprint density at radius 2 is 1.63 bits per heavy atom. The first kappa shape index (κ1) is 28.7. The normalized spacial score (nSPS) is 13.7. The Morgan fingerprint density at radius 1 is 0.974 bits per heavy atom. The second-order valence-electron chi connectivity index (χ2n) is 10.4. The van der Waals surface area contributed by atoms with Crippen LogP contribution >= 0.6 is 0 Å². The molecule has 2 atom stereocenters. The predicted octanol–water partition coefficient (Wildman–Crippen LogP) is 5.89. The molecular formula is C30H35FN2O5. The maximum absolute atomic E-state index is 14.7. The van der Waals surface area contributed by atoms with E-state index in [2.05, 4.69) is 10.6 Å². The quantitative estimate of drug-likeness (QED) is 0.326. The molecule has 0 aliphatic carbocycles. The van der Waals surface area contributed by atoms with Crippen LogP contribution < -0.4 is 15.4 Å². The van der Waals surface area contributed by atoms with Crippen LogP contribution in [0.4, 0.5) is 14.9 Å². The number of amides is 2. The number of carbonyl (C=O) groups is 2. The molecule has 7 nitrogen and oxygen atoms in total. The van der Waals surface area contributed by atoms with Gasteiger partial charge in [0.1, 0.15) is 22.7 Å². The summed E-state index contributed by atoms with van der Waals surface area (Å²) in [6.45, 7) is 8.18. The maximum atomic E-state index is 14.7. The van der Waals surface area contributed by atoms with Crippen LogP contribution in [0, 0.1) is 5.82 Å². The Bertz CT molecular complexity index is 1240. The van der Waals surface area contributed by atoms with Crippen LogP contribution in [0.15, 0.2) is 72.8 Å². The Kier molecular flexibility index (Phi) is 9.12. The number of anilines is 1. The number of carbonyl (C=O) groups excluding carboxylic acids is 2. The van der Waals surface area contributed by atoms with Crippen molar-refractivity contribution in [2.24, 2.45) is 0 Å². The van der Waals surface area contributed by atoms with Crippen LogP contribution in [0.25, 0.3) is 11.1 Å². The average molecular weight is 523 g/mol. The van der Waals surface area contributed by atoms with E-state index in [0.29, 0.717) is 23.6 Å². The molecule has 3 rings (SSSR count). The highest BCUT2D eigenvalue weighted by atomic mass is 19.1. The van der Waals surface area contributed by atoms with Gasteiger partial charge in [0.2, 0.25) is 0 Å². The number of nitrogens with one attached hydrogen (secondary N) is 2. The van der Waals surface area contributed by atoms with E-state index in [0.717, 1.165) is 11.1 Å². The van der Waals surface area contributed by atoms with Gasteiger partial charge in [-0.2, -0.15) is 0 Å². The third kappa shape index (κ3) is 7.79. The topological polar surface area (TPSA) is 96.9 Å². The molecule has 0 spiro atoms. The van der Waals surface area contributed by atoms with Crippen LogP contribution in [0.1, 0.15) is 46.1 Å². The van der Waals surface area contributed by atoms with Crippen molar-refractivity contribution < 1.29 is 28.6 Å². The number of hydrogen-bond acceptors (Lipinski definition) is 5. The van der Waals surface area contributed by atoms with Crippen molar-refractivity contribution in [1.29, 1.82) is 0 Å². The standard InChI is InChI=1S/C30H35FN2O5/c1-20(22-11-16-25(26(31)17-22)21-9-7-6-8-10-21)18-37-24-14-12-23(13-15-24)32-27(35)30(5,19-34)33-28(36)38-29(2,3)4/h6-17,20,34H,18-19H2,1-5H3,(H,32,35)(H,33,36)/t20?,30-/m0/s1. The number of rotatable bonds is 9. The molecule has 8 heteroatoms. The molecule has 2 amide bonds. The van der Waals surface area contributed by atoms with Gasteiger partial charge in [-0.05, 0) is 69.2 Å². The number of hydrogen-bond donors (Lipinski definition) is 3. The average Bonchev–Trinajstić information content (AvgIpc) is 2.87. The van der Waals surface area contributed by atoms with Gasteiger partial charge in [-0.15, -0.1) is 0 Å². The van der Waals surface area contributed by atoms with Gasteiger partial charge in [-0.1, -0.05) is 49.4 Å². The van der Waals surface area contributed by atoms with Crippen LogP contribution in [0.2, 0.25) is 0 Å². The molecule has 0 saturated carbocycles. The predicted molar refractivity (Wildman–Crippen MR) is 146 cm³/mol. The number of halogens is 1. The van der Waals surface area contributed by atoms with Crippen LogP contribution in [-0.2, 0) is 9.53 Å². The van der Waals surface area contributed by atoms with Crippen molar-refractivity contribution in [3.8, 4) is 16.9 Å². The monoisotopic (exact) mass is 522 g/mol. The van der Waals surface area contributed by atoms with E-state index < -0.39 is 29.7 Å². The largest absolute Gasteiger partial charge is 0.493 e. The van der Waals surface area contributed by atoms with Crippen molar-refractivity contribution in [1.82, 2.24) is 5.32 Å². The van der Waals surface area contributed by atoms with Crippen molar-refractivity contribution in [2.75, 3.05) is 18.5 Å². The number of aliphatic hydroxyl groups excluding tert-OH is 1. The molecule has 1 unspecified atom stereocenters. The lowest BCUT2D eigenvalue weighted by Crippen LogP contribution is -2.58. The third-order valence-electron chi connectivity index (χ3n) is 5.85. The fraction of sp³-hybridized carbons (Fsp3) is 0.333. The molecule has 0 bridgehead atoms. The Labute approximate surface area is 223 Å². The molecule has 0 aliphatic rings. The van der Waals surface area contributed by atoms with Crippen LogP contribution in [0.5, 0.6) is 5.75 Å². The second-order valence-corrected chi connectivity index (χ2v) is 10.4. The van der Waals surface area contributed by atoms with Crippen molar-refractivity contribution in [3.05, 3.63) is 84.2 Å². The van der Waals surface area contributed by atoms with Gasteiger partial charge in [-0.25, -0.2) is 9.18 Å². The molecule has 3 aromatic carbocycles. The van der Waals surface area contributed by atoms with Gasteiger partial charge in [0.25, 0.3) is 5.91 Å². The molecular weight excluding hydrogens is 487 g/mol. The van der Waals surface area contributed by atoms with Gasteiger partial charge < -0.3 is 25.2 Å². The molecule has 202 valence electrons. The lowest BCUT2D eigenvalue weighted by Gasteiger charge is -2.29. The number of aliphatic hydroxyl groups is 1. The summed E-state index contributed by atoms with van der Waals surface area (Å²) >= 11 is 0. The summed E-state index contributed by atoms with van der Waals surface area (Å²) in [5.41, 5.74) is 0.334. The summed E-state index contributed by atoms with van der Waals surface area (Å²) in [4.78, 5) is 24.9. The smallest absolute Gasteiger partial charge is 0.408 e. The van der Waals surface area contributed by atoms with Gasteiger partial charge in [-0.3, -0.25) is 4.79 Å². The van der Waals surface area contributed by atoms with Gasteiger partial charge >= 0.3 is 6.09 Å². The van der Waals surface area contributed by atoms with E-state index in [-0.39, 0.29) is 11.7 Å². The zero-order chi connectivity index (χ0) is 27.9. The summed E-state index contributed by atoms with van der Waals surface area (Å²) < 4.78 is 25.8. The highest BCUT2D eigenvalue weighted by molar-refractivity contribution is 5.99. The van der Waals surface area contributed by atoms with E-state index in [9.17, 15) is 19.1 Å². The fourth-order valence-corrected chi connectivity index (χ4v) is 3.61. The summed E-state index contributed by atoms with van der Waals surface area (Å²) in [5, 5.41) is 14.9. The molecule has 0 aromatic heterocycles. The molecule has 0 saturated heterocycles. The number of ether oxygens (including phenoxy) is 2. The van der Waals surface area contributed by atoms with E-state index in [1.54, 1.807) is 57.2 Å². The number of alkyl carbamates (subject to hydrolysis) is 1. The molecule has 38 heavy (non-hydrogen) atoms. The van der Waals surface area contributed by atoms with Gasteiger partial charge in [0.05, 0.1) is 13.2 Å². The molecule has 0 aliphatic heterocycles. The third-order valence-corrected chi connectivity index (χ3v) is 5.85. The lowest BCUT2D eigenvalue weighted by molar-refractivity contribution is -0.123. The van der Waals surface area contributed by atoms with Gasteiger partial charge in [0.15, 0.2) is 0 Å². The minimum Gasteiger partial charge on any atom is -0.493 e. The molecule has 0 heterocycles. The maximum Gasteiger partial charge on any atom is 0.408 e. The minimum absolute atomic E-state index is 0.0575. The SMILES string of the molecule is CC(COc1ccc(NC(=O)[C@](C)(CO)NC(=O)OC(C)(C)C)cc1)c1ccc(-c2ccccc2)c(F)c1. The van der Waals surface area contributed by atoms with Crippen LogP contribution in [-0.4, -0.2) is 41.5 Å². The second kappa shape index (κ2) is 12.1. The van der Waals surface area contributed by atoms with Crippen molar-refractivity contribution in [3.63, 3.8) is 0 Å². The lowest BCUT2D eigenvalue weighted by atomic mass is 9.97. The Hall–Kier alpha value is -3.91. The first-order chi connectivity index (χ1) is 17.9. The Balaban J connectivity index is 1.56. The van der Waals surface area contributed by atoms with Gasteiger partial charge in [0, 0.05) is 17.2 Å². The zero-order valence-electron chi connectivity index (χ0n) is 22.4. The summed E-state index contributed by atoms with van der Waals surface area (Å²) in [5.74, 6) is -0.364.